The van der Waals surface area contributed by atoms with Gasteiger partial charge in [0, 0.05) is 41.0 Å². The first-order chi connectivity index (χ1) is 11.3. The molecule has 1 aliphatic heterocycles. The highest BCUT2D eigenvalue weighted by atomic mass is 35.5. The number of hydrogen-bond donors (Lipinski definition) is 2. The zero-order valence-electron chi connectivity index (χ0n) is 13.5. The summed E-state index contributed by atoms with van der Waals surface area (Å²) < 4.78 is 5.21. The fourth-order valence-electron chi connectivity index (χ4n) is 3.23. The highest BCUT2D eigenvalue weighted by Crippen LogP contribution is 2.34. The lowest BCUT2D eigenvalue weighted by Gasteiger charge is -2.44. The molecule has 0 saturated carbocycles. The molecule has 0 bridgehead atoms. The first-order valence-electron chi connectivity index (χ1n) is 7.74. The Morgan fingerprint density at radius 2 is 2.17 bits per heavy atom. The maximum absolute atomic E-state index is 11.8. The highest BCUT2D eigenvalue weighted by molar-refractivity contribution is 6.31. The Bertz CT molecular complexity index is 846. The SMILES string of the molecule is CC1(C)CN(C(=O)O)CCC1Nc1cc(=O)oc2ccc(Cl)cc12. The van der Waals surface area contributed by atoms with E-state index >= 15 is 0 Å². The molecule has 0 spiro atoms. The number of piperidine rings is 1. The largest absolute Gasteiger partial charge is 0.465 e. The standard InChI is InChI=1S/C17H19ClN2O4/c1-17(2)9-20(16(22)23)6-5-14(17)19-12-8-15(21)24-13-4-3-10(18)7-11(12)13/h3-4,7-8,14,19H,5-6,9H2,1-2H3,(H,22,23). The van der Waals surface area contributed by atoms with Gasteiger partial charge in [-0.3, -0.25) is 0 Å². The van der Waals surface area contributed by atoms with Crippen molar-refractivity contribution in [1.29, 1.82) is 0 Å². The van der Waals surface area contributed by atoms with Gasteiger partial charge in [0.25, 0.3) is 0 Å². The number of benzene rings is 1. The zero-order valence-corrected chi connectivity index (χ0v) is 14.3. The fourth-order valence-corrected chi connectivity index (χ4v) is 3.40. The Balaban J connectivity index is 1.94. The van der Waals surface area contributed by atoms with Gasteiger partial charge in [-0.1, -0.05) is 25.4 Å². The molecule has 0 aliphatic carbocycles. The van der Waals surface area contributed by atoms with Crippen LogP contribution in [0.5, 0.6) is 0 Å². The third-order valence-electron chi connectivity index (χ3n) is 4.53. The Hall–Kier alpha value is -2.21. The van der Waals surface area contributed by atoms with Gasteiger partial charge in [0.1, 0.15) is 5.58 Å². The number of amides is 1. The molecule has 128 valence electrons. The molecule has 2 heterocycles. The van der Waals surface area contributed by atoms with E-state index in [4.69, 9.17) is 16.0 Å². The minimum Gasteiger partial charge on any atom is -0.465 e. The summed E-state index contributed by atoms with van der Waals surface area (Å²) in [6.45, 7) is 4.91. The zero-order chi connectivity index (χ0) is 17.5. The molecule has 2 aromatic rings. The second-order valence-electron chi connectivity index (χ2n) is 6.80. The molecule has 1 atom stereocenters. The minimum atomic E-state index is -0.904. The van der Waals surface area contributed by atoms with E-state index in [2.05, 4.69) is 5.32 Å². The molecule has 1 amide bonds. The fraction of sp³-hybridized carbons (Fsp3) is 0.412. The van der Waals surface area contributed by atoms with Crippen LogP contribution >= 0.6 is 11.6 Å². The maximum Gasteiger partial charge on any atom is 0.407 e. The molecule has 1 saturated heterocycles. The first-order valence-corrected chi connectivity index (χ1v) is 8.12. The van der Waals surface area contributed by atoms with Crippen LogP contribution in [-0.2, 0) is 0 Å². The molecule has 7 heteroatoms. The molecule has 1 aromatic carbocycles. The number of rotatable bonds is 2. The smallest absolute Gasteiger partial charge is 0.407 e. The molecule has 6 nitrogen and oxygen atoms in total. The van der Waals surface area contributed by atoms with Gasteiger partial charge in [-0.05, 0) is 24.6 Å². The first kappa shape index (κ1) is 16.6. The summed E-state index contributed by atoms with van der Waals surface area (Å²) >= 11 is 6.06. The topological polar surface area (TPSA) is 82.8 Å². The van der Waals surface area contributed by atoms with E-state index in [9.17, 15) is 14.7 Å². The normalized spacial score (nSPS) is 20.1. The number of anilines is 1. The van der Waals surface area contributed by atoms with E-state index < -0.39 is 11.7 Å². The van der Waals surface area contributed by atoms with E-state index in [1.54, 1.807) is 18.2 Å². The maximum atomic E-state index is 11.8. The van der Waals surface area contributed by atoms with Gasteiger partial charge < -0.3 is 19.7 Å². The predicted octanol–water partition coefficient (Wildman–Crippen LogP) is 3.64. The van der Waals surface area contributed by atoms with E-state index in [1.165, 1.54) is 11.0 Å². The van der Waals surface area contributed by atoms with Crippen LogP contribution in [0, 0.1) is 5.41 Å². The van der Waals surface area contributed by atoms with E-state index in [0.717, 1.165) is 5.39 Å². The molecule has 24 heavy (non-hydrogen) atoms. The predicted molar refractivity (Wildman–Crippen MR) is 92.9 cm³/mol. The summed E-state index contributed by atoms with van der Waals surface area (Å²) in [5.41, 5.74) is 0.409. The van der Waals surface area contributed by atoms with Crippen molar-refractivity contribution in [2.24, 2.45) is 5.41 Å². The van der Waals surface area contributed by atoms with Crippen molar-refractivity contribution in [2.45, 2.75) is 26.3 Å². The average Bonchev–Trinajstić information content (AvgIpc) is 2.49. The van der Waals surface area contributed by atoms with E-state index in [0.29, 0.717) is 35.8 Å². The number of halogens is 1. The van der Waals surface area contributed by atoms with E-state index in [-0.39, 0.29) is 11.5 Å². The second-order valence-corrected chi connectivity index (χ2v) is 7.23. The summed E-state index contributed by atoms with van der Waals surface area (Å²) in [4.78, 5) is 24.4. The molecule has 2 N–H and O–H groups in total. The van der Waals surface area contributed by atoms with Crippen molar-refractivity contribution in [3.63, 3.8) is 0 Å². The molecule has 1 aromatic heterocycles. The Morgan fingerprint density at radius 1 is 1.42 bits per heavy atom. The van der Waals surface area contributed by atoms with Crippen molar-refractivity contribution in [2.75, 3.05) is 18.4 Å². The lowest BCUT2D eigenvalue weighted by atomic mass is 9.79. The van der Waals surface area contributed by atoms with Crippen molar-refractivity contribution in [3.8, 4) is 0 Å². The monoisotopic (exact) mass is 350 g/mol. The molecular formula is C17H19ClN2O4. The average molecular weight is 351 g/mol. The molecule has 1 fully saturated rings. The second kappa shape index (κ2) is 6.02. The van der Waals surface area contributed by atoms with Crippen LogP contribution < -0.4 is 10.9 Å². The van der Waals surface area contributed by atoms with Crippen LogP contribution in [0.15, 0.2) is 33.5 Å². The molecule has 0 radical (unpaired) electrons. The Kier molecular flexibility index (Phi) is 4.17. The Labute approximate surface area is 144 Å². The van der Waals surface area contributed by atoms with Gasteiger partial charge in [-0.25, -0.2) is 9.59 Å². The van der Waals surface area contributed by atoms with Crippen molar-refractivity contribution < 1.29 is 14.3 Å². The van der Waals surface area contributed by atoms with E-state index in [1.807, 2.05) is 13.8 Å². The number of nitrogens with zero attached hydrogens (tertiary/aromatic N) is 1. The molecular weight excluding hydrogens is 332 g/mol. The van der Waals surface area contributed by atoms with Crippen LogP contribution in [0.3, 0.4) is 0 Å². The van der Waals surface area contributed by atoms with Gasteiger partial charge >= 0.3 is 11.7 Å². The van der Waals surface area contributed by atoms with Gasteiger partial charge in [0.15, 0.2) is 0 Å². The molecule has 1 aliphatic rings. The van der Waals surface area contributed by atoms with Crippen LogP contribution in [0.1, 0.15) is 20.3 Å². The third-order valence-corrected chi connectivity index (χ3v) is 4.77. The number of nitrogens with one attached hydrogen (secondary N) is 1. The lowest BCUT2D eigenvalue weighted by Crippen LogP contribution is -2.53. The summed E-state index contributed by atoms with van der Waals surface area (Å²) in [5.74, 6) is 0. The van der Waals surface area contributed by atoms with Gasteiger partial charge in [-0.15, -0.1) is 0 Å². The van der Waals surface area contributed by atoms with Crippen LogP contribution in [0.25, 0.3) is 11.0 Å². The summed E-state index contributed by atoms with van der Waals surface area (Å²) in [5, 5.41) is 13.9. The van der Waals surface area contributed by atoms with Crippen molar-refractivity contribution >= 4 is 34.4 Å². The van der Waals surface area contributed by atoms with Crippen LogP contribution in [-0.4, -0.2) is 35.2 Å². The van der Waals surface area contributed by atoms with Crippen LogP contribution in [0.2, 0.25) is 5.02 Å². The van der Waals surface area contributed by atoms with Gasteiger partial charge in [0.05, 0.1) is 5.69 Å². The molecule has 3 rings (SSSR count). The van der Waals surface area contributed by atoms with Crippen LogP contribution in [0.4, 0.5) is 10.5 Å². The number of carboxylic acid groups (broad SMARTS) is 1. The summed E-state index contributed by atoms with van der Waals surface area (Å²) in [7, 11) is 0. The van der Waals surface area contributed by atoms with Crippen molar-refractivity contribution in [1.82, 2.24) is 4.90 Å². The number of hydrogen-bond acceptors (Lipinski definition) is 4. The molecule has 1 unspecified atom stereocenters. The number of likely N-dealkylation sites (tertiary alicyclic amines) is 1. The van der Waals surface area contributed by atoms with Gasteiger partial charge in [0.2, 0.25) is 0 Å². The highest BCUT2D eigenvalue weighted by Gasteiger charge is 2.37. The number of carbonyl (C=O) groups is 1. The lowest BCUT2D eigenvalue weighted by molar-refractivity contribution is 0.0871. The summed E-state index contributed by atoms with van der Waals surface area (Å²) in [6, 6.07) is 6.53. The minimum absolute atomic E-state index is 0.0251. The van der Waals surface area contributed by atoms with Gasteiger partial charge in [-0.2, -0.15) is 0 Å². The quantitative estimate of drug-likeness (QED) is 0.808. The Morgan fingerprint density at radius 3 is 2.83 bits per heavy atom. The number of fused-ring (bicyclic) bond motifs is 1. The summed E-state index contributed by atoms with van der Waals surface area (Å²) in [6.07, 6.45) is -0.249. The third kappa shape index (κ3) is 3.19. The van der Waals surface area contributed by atoms with Crippen molar-refractivity contribution in [3.05, 3.63) is 39.7 Å².